The van der Waals surface area contributed by atoms with Gasteiger partial charge in [0.25, 0.3) is 0 Å². The van der Waals surface area contributed by atoms with Crippen LogP contribution < -0.4 is 5.32 Å². The third kappa shape index (κ3) is 5.06. The minimum absolute atomic E-state index is 0.134. The molecular formula is C13H25N3O3. The molecule has 1 fully saturated rings. The second kappa shape index (κ2) is 6.75. The second-order valence-electron chi connectivity index (χ2n) is 5.82. The summed E-state index contributed by atoms with van der Waals surface area (Å²) in [5.74, 6) is -0.910. The van der Waals surface area contributed by atoms with E-state index in [9.17, 15) is 9.59 Å². The highest BCUT2D eigenvalue weighted by Crippen LogP contribution is 2.13. The highest BCUT2D eigenvalue weighted by atomic mass is 16.4. The van der Waals surface area contributed by atoms with Crippen molar-refractivity contribution in [1.29, 1.82) is 0 Å². The highest BCUT2D eigenvalue weighted by molar-refractivity contribution is 5.77. The Balaban J connectivity index is 2.26. The van der Waals surface area contributed by atoms with Crippen LogP contribution in [0, 0.1) is 5.41 Å². The molecule has 0 spiro atoms. The number of hydrogen-bond acceptors (Lipinski definition) is 3. The Labute approximate surface area is 114 Å². The first-order chi connectivity index (χ1) is 8.83. The van der Waals surface area contributed by atoms with E-state index < -0.39 is 11.4 Å². The first kappa shape index (κ1) is 15.8. The summed E-state index contributed by atoms with van der Waals surface area (Å²) in [6.07, 6.45) is 2.48. The Bertz CT molecular complexity index is 325. The van der Waals surface area contributed by atoms with Gasteiger partial charge in [-0.05, 0) is 39.8 Å². The van der Waals surface area contributed by atoms with Gasteiger partial charge in [-0.15, -0.1) is 0 Å². The summed E-state index contributed by atoms with van der Waals surface area (Å²) in [4.78, 5) is 26.7. The number of carbonyl (C=O) groups is 2. The third-order valence-corrected chi connectivity index (χ3v) is 3.56. The van der Waals surface area contributed by atoms with Crippen LogP contribution in [0.4, 0.5) is 4.79 Å². The maximum Gasteiger partial charge on any atom is 0.317 e. The molecule has 0 radical (unpaired) electrons. The van der Waals surface area contributed by atoms with Crippen LogP contribution in [-0.4, -0.2) is 66.7 Å². The van der Waals surface area contributed by atoms with Gasteiger partial charge in [-0.3, -0.25) is 4.79 Å². The van der Waals surface area contributed by atoms with Crippen molar-refractivity contribution in [3.8, 4) is 0 Å². The maximum absolute atomic E-state index is 11.8. The average molecular weight is 271 g/mol. The lowest BCUT2D eigenvalue weighted by atomic mass is 9.94. The standard InChI is InChI=1S/C13H25N3O3/c1-13(2,11(17)18)10-14-12(19)15(3)8-9-16-6-4-5-7-16/h4-10H2,1-3H3,(H,14,19)(H,17,18). The van der Waals surface area contributed by atoms with Crippen molar-refractivity contribution < 1.29 is 14.7 Å². The molecule has 0 aliphatic carbocycles. The Morgan fingerprint density at radius 3 is 2.42 bits per heavy atom. The van der Waals surface area contributed by atoms with Crippen LogP contribution in [0.2, 0.25) is 0 Å². The number of likely N-dealkylation sites (tertiary alicyclic amines) is 1. The molecule has 6 nitrogen and oxygen atoms in total. The number of urea groups is 1. The van der Waals surface area contributed by atoms with E-state index in [0.29, 0.717) is 6.54 Å². The topological polar surface area (TPSA) is 72.9 Å². The zero-order valence-corrected chi connectivity index (χ0v) is 12.1. The van der Waals surface area contributed by atoms with Crippen LogP contribution in [0.1, 0.15) is 26.7 Å². The molecule has 0 saturated carbocycles. The first-order valence-corrected chi connectivity index (χ1v) is 6.77. The summed E-state index contributed by atoms with van der Waals surface area (Å²) < 4.78 is 0. The summed E-state index contributed by atoms with van der Waals surface area (Å²) >= 11 is 0. The van der Waals surface area contributed by atoms with E-state index in [1.807, 2.05) is 0 Å². The fourth-order valence-electron chi connectivity index (χ4n) is 1.91. The molecule has 2 amide bonds. The van der Waals surface area contributed by atoms with Crippen molar-refractivity contribution in [2.75, 3.05) is 39.8 Å². The molecule has 0 bridgehead atoms. The summed E-state index contributed by atoms with van der Waals surface area (Å²) in [5, 5.41) is 11.6. The first-order valence-electron chi connectivity index (χ1n) is 6.77. The normalized spacial score (nSPS) is 16.4. The average Bonchev–Trinajstić information content (AvgIpc) is 2.85. The molecule has 1 saturated heterocycles. The van der Waals surface area contributed by atoms with Crippen LogP contribution in [-0.2, 0) is 4.79 Å². The van der Waals surface area contributed by atoms with Gasteiger partial charge in [-0.1, -0.05) is 0 Å². The van der Waals surface area contributed by atoms with Gasteiger partial charge in [0.15, 0.2) is 0 Å². The Morgan fingerprint density at radius 2 is 1.89 bits per heavy atom. The van der Waals surface area contributed by atoms with Crippen LogP contribution in [0.3, 0.4) is 0 Å². The third-order valence-electron chi connectivity index (χ3n) is 3.56. The SMILES string of the molecule is CN(CCN1CCCC1)C(=O)NCC(C)(C)C(=O)O. The number of amides is 2. The number of hydrogen-bond donors (Lipinski definition) is 2. The summed E-state index contributed by atoms with van der Waals surface area (Å²) in [6, 6.07) is -0.214. The number of nitrogens with one attached hydrogen (secondary N) is 1. The van der Waals surface area contributed by atoms with Crippen molar-refractivity contribution in [2.24, 2.45) is 5.41 Å². The number of carboxylic acids is 1. The van der Waals surface area contributed by atoms with Gasteiger partial charge in [0.1, 0.15) is 0 Å². The van der Waals surface area contributed by atoms with Gasteiger partial charge < -0.3 is 20.2 Å². The van der Waals surface area contributed by atoms with Crippen molar-refractivity contribution >= 4 is 12.0 Å². The zero-order chi connectivity index (χ0) is 14.5. The number of aliphatic carboxylic acids is 1. The van der Waals surface area contributed by atoms with Gasteiger partial charge in [0.05, 0.1) is 5.41 Å². The zero-order valence-electron chi connectivity index (χ0n) is 12.1. The summed E-state index contributed by atoms with van der Waals surface area (Å²) in [6.45, 7) is 7.10. The number of nitrogens with zero attached hydrogens (tertiary/aromatic N) is 2. The van der Waals surface area contributed by atoms with Crippen molar-refractivity contribution in [3.05, 3.63) is 0 Å². The van der Waals surface area contributed by atoms with E-state index in [1.165, 1.54) is 12.8 Å². The lowest BCUT2D eigenvalue weighted by Crippen LogP contribution is -2.45. The molecule has 1 rings (SSSR count). The Hall–Kier alpha value is -1.30. The number of carboxylic acid groups (broad SMARTS) is 1. The van der Waals surface area contributed by atoms with Crippen LogP contribution in [0.15, 0.2) is 0 Å². The molecule has 2 N–H and O–H groups in total. The van der Waals surface area contributed by atoms with E-state index >= 15 is 0 Å². The Morgan fingerprint density at radius 1 is 1.32 bits per heavy atom. The van der Waals surface area contributed by atoms with E-state index in [-0.39, 0.29) is 12.6 Å². The molecule has 1 aliphatic rings. The molecule has 1 aliphatic heterocycles. The van der Waals surface area contributed by atoms with Gasteiger partial charge in [-0.2, -0.15) is 0 Å². The largest absolute Gasteiger partial charge is 0.481 e. The molecule has 1 heterocycles. The van der Waals surface area contributed by atoms with Crippen LogP contribution >= 0.6 is 0 Å². The number of carbonyl (C=O) groups excluding carboxylic acids is 1. The van der Waals surface area contributed by atoms with E-state index in [0.717, 1.165) is 19.6 Å². The maximum atomic E-state index is 11.8. The molecule has 0 aromatic heterocycles. The number of rotatable bonds is 6. The predicted molar refractivity (Wildman–Crippen MR) is 73.1 cm³/mol. The lowest BCUT2D eigenvalue weighted by molar-refractivity contribution is -0.146. The lowest BCUT2D eigenvalue weighted by Gasteiger charge is -2.24. The quantitative estimate of drug-likeness (QED) is 0.750. The fourth-order valence-corrected chi connectivity index (χ4v) is 1.91. The highest BCUT2D eigenvalue weighted by Gasteiger charge is 2.28. The minimum atomic E-state index is -0.939. The monoisotopic (exact) mass is 271 g/mol. The molecule has 6 heteroatoms. The smallest absolute Gasteiger partial charge is 0.317 e. The molecule has 0 atom stereocenters. The molecule has 110 valence electrons. The van der Waals surface area contributed by atoms with Crippen molar-refractivity contribution in [1.82, 2.24) is 15.1 Å². The van der Waals surface area contributed by atoms with Gasteiger partial charge in [0.2, 0.25) is 0 Å². The fraction of sp³-hybridized carbons (Fsp3) is 0.846. The van der Waals surface area contributed by atoms with E-state index in [4.69, 9.17) is 5.11 Å². The Kier molecular flexibility index (Phi) is 5.60. The van der Waals surface area contributed by atoms with Gasteiger partial charge in [0, 0.05) is 26.7 Å². The molecular weight excluding hydrogens is 246 g/mol. The van der Waals surface area contributed by atoms with Crippen LogP contribution in [0.5, 0.6) is 0 Å². The van der Waals surface area contributed by atoms with E-state index in [2.05, 4.69) is 10.2 Å². The summed E-state index contributed by atoms with van der Waals surface area (Å²) in [7, 11) is 1.74. The molecule has 0 aromatic carbocycles. The number of likely N-dealkylation sites (N-methyl/N-ethyl adjacent to an activating group) is 1. The van der Waals surface area contributed by atoms with Crippen LogP contribution in [0.25, 0.3) is 0 Å². The van der Waals surface area contributed by atoms with Crippen molar-refractivity contribution in [3.63, 3.8) is 0 Å². The van der Waals surface area contributed by atoms with Crippen molar-refractivity contribution in [2.45, 2.75) is 26.7 Å². The summed E-state index contributed by atoms with van der Waals surface area (Å²) in [5.41, 5.74) is -0.939. The van der Waals surface area contributed by atoms with E-state index in [1.54, 1.807) is 25.8 Å². The predicted octanol–water partition coefficient (Wildman–Crippen LogP) is 0.834. The molecule has 0 aromatic rings. The van der Waals surface area contributed by atoms with Gasteiger partial charge >= 0.3 is 12.0 Å². The molecule has 19 heavy (non-hydrogen) atoms. The molecule has 0 unspecified atom stereocenters. The minimum Gasteiger partial charge on any atom is -0.481 e. The second-order valence-corrected chi connectivity index (χ2v) is 5.82. The van der Waals surface area contributed by atoms with Gasteiger partial charge in [-0.25, -0.2) is 4.79 Å².